The highest BCUT2D eigenvalue weighted by atomic mass is 32.2. The number of hydrogen-bond donors (Lipinski definition) is 3. The van der Waals surface area contributed by atoms with Crippen molar-refractivity contribution in [1.29, 1.82) is 0 Å². The summed E-state index contributed by atoms with van der Waals surface area (Å²) in [6.45, 7) is 0.513. The minimum Gasteiger partial charge on any atom is -0.481 e. The number of carboxylic acids is 2. The molecule has 0 aromatic heterocycles. The van der Waals surface area contributed by atoms with E-state index in [1.165, 1.54) is 11.8 Å². The monoisotopic (exact) mass is 279 g/mol. The highest BCUT2D eigenvalue weighted by Gasteiger charge is 2.20. The molecular weight excluding hydrogens is 262 g/mol. The standard InChI is InChI=1S/C10H17NO6S/c1-17-4-5-18-6-8(12)11-7(10(15)16)2-3-9(13)14/h7H,2-6H2,1H3,(H,11,12)(H,13,14)(H,15,16)/t7-/m0/s1. The first kappa shape index (κ1) is 16.7. The number of nitrogens with one attached hydrogen (secondary N) is 1. The van der Waals surface area contributed by atoms with Gasteiger partial charge in [0.1, 0.15) is 6.04 Å². The maximum atomic E-state index is 11.4. The van der Waals surface area contributed by atoms with Crippen LogP contribution in [0, 0.1) is 0 Å². The highest BCUT2D eigenvalue weighted by Crippen LogP contribution is 2.02. The third-order valence-electron chi connectivity index (χ3n) is 1.95. The maximum absolute atomic E-state index is 11.4. The predicted octanol–water partition coefficient (Wildman–Crippen LogP) is -0.200. The lowest BCUT2D eigenvalue weighted by Crippen LogP contribution is -2.42. The molecule has 0 saturated carbocycles. The Morgan fingerprint density at radius 3 is 2.50 bits per heavy atom. The van der Waals surface area contributed by atoms with Gasteiger partial charge in [0.2, 0.25) is 5.91 Å². The second-order valence-corrected chi connectivity index (χ2v) is 4.54. The number of rotatable bonds is 10. The first-order chi connectivity index (χ1) is 8.47. The van der Waals surface area contributed by atoms with Crippen LogP contribution < -0.4 is 5.32 Å². The lowest BCUT2D eigenvalue weighted by atomic mass is 10.1. The van der Waals surface area contributed by atoms with E-state index >= 15 is 0 Å². The van der Waals surface area contributed by atoms with Crippen LogP contribution in [0.5, 0.6) is 0 Å². The van der Waals surface area contributed by atoms with Gasteiger partial charge in [-0.25, -0.2) is 4.79 Å². The number of aliphatic carboxylic acids is 2. The van der Waals surface area contributed by atoms with E-state index in [0.29, 0.717) is 12.4 Å². The molecule has 3 N–H and O–H groups in total. The van der Waals surface area contributed by atoms with Gasteiger partial charge in [0.15, 0.2) is 0 Å². The van der Waals surface area contributed by atoms with Crippen molar-refractivity contribution in [3.8, 4) is 0 Å². The molecule has 18 heavy (non-hydrogen) atoms. The normalized spacial score (nSPS) is 11.8. The fourth-order valence-electron chi connectivity index (χ4n) is 1.07. The molecule has 7 nitrogen and oxygen atoms in total. The van der Waals surface area contributed by atoms with Crippen LogP contribution >= 0.6 is 11.8 Å². The van der Waals surface area contributed by atoms with Gasteiger partial charge in [0, 0.05) is 19.3 Å². The van der Waals surface area contributed by atoms with Crippen LogP contribution in [0.1, 0.15) is 12.8 Å². The molecule has 0 aromatic carbocycles. The Bertz CT molecular complexity index is 296. The van der Waals surface area contributed by atoms with Crippen LogP contribution in [0.2, 0.25) is 0 Å². The van der Waals surface area contributed by atoms with Crippen LogP contribution in [-0.2, 0) is 19.1 Å². The minimum absolute atomic E-state index is 0.125. The Kier molecular flexibility index (Phi) is 9.03. The lowest BCUT2D eigenvalue weighted by molar-refractivity contribution is -0.142. The molecular formula is C10H17NO6S. The van der Waals surface area contributed by atoms with Crippen LogP contribution in [-0.4, -0.2) is 59.3 Å². The highest BCUT2D eigenvalue weighted by molar-refractivity contribution is 7.99. The van der Waals surface area contributed by atoms with Crippen LogP contribution in [0.3, 0.4) is 0 Å². The van der Waals surface area contributed by atoms with Gasteiger partial charge in [-0.1, -0.05) is 0 Å². The van der Waals surface area contributed by atoms with E-state index in [1.54, 1.807) is 7.11 Å². The Labute approximate surface area is 109 Å². The number of carbonyl (C=O) groups excluding carboxylic acids is 1. The Morgan fingerprint density at radius 2 is 2.00 bits per heavy atom. The fourth-order valence-corrected chi connectivity index (χ4v) is 1.77. The molecule has 0 aliphatic carbocycles. The number of carboxylic acid groups (broad SMARTS) is 2. The summed E-state index contributed by atoms with van der Waals surface area (Å²) in [5.74, 6) is -1.98. The van der Waals surface area contributed by atoms with Crippen molar-refractivity contribution in [1.82, 2.24) is 5.32 Å². The molecule has 0 spiro atoms. The molecule has 0 radical (unpaired) electrons. The summed E-state index contributed by atoms with van der Waals surface area (Å²) in [5.41, 5.74) is 0. The number of ether oxygens (including phenoxy) is 1. The molecule has 0 fully saturated rings. The summed E-state index contributed by atoms with van der Waals surface area (Å²) in [5, 5.41) is 19.6. The summed E-state index contributed by atoms with van der Waals surface area (Å²) in [4.78, 5) is 32.5. The van der Waals surface area contributed by atoms with E-state index < -0.39 is 23.9 Å². The SMILES string of the molecule is COCCSCC(=O)N[C@@H](CCC(=O)O)C(=O)O. The van der Waals surface area contributed by atoms with Crippen LogP contribution in [0.15, 0.2) is 0 Å². The molecule has 0 saturated heterocycles. The number of carbonyl (C=O) groups is 3. The first-order valence-electron chi connectivity index (χ1n) is 5.28. The Balaban J connectivity index is 3.96. The van der Waals surface area contributed by atoms with Crippen molar-refractivity contribution in [2.45, 2.75) is 18.9 Å². The predicted molar refractivity (Wildman–Crippen MR) is 65.6 cm³/mol. The third-order valence-corrected chi connectivity index (χ3v) is 2.87. The van der Waals surface area contributed by atoms with Crippen LogP contribution in [0.25, 0.3) is 0 Å². The molecule has 0 aliphatic heterocycles. The van der Waals surface area contributed by atoms with Crippen molar-refractivity contribution >= 4 is 29.6 Å². The van der Waals surface area contributed by atoms with Gasteiger partial charge in [-0.2, -0.15) is 0 Å². The smallest absolute Gasteiger partial charge is 0.326 e. The molecule has 104 valence electrons. The van der Waals surface area contributed by atoms with Gasteiger partial charge in [-0.3, -0.25) is 9.59 Å². The molecule has 0 unspecified atom stereocenters. The summed E-state index contributed by atoms with van der Waals surface area (Å²) in [6, 6.07) is -1.16. The molecule has 0 rings (SSSR count). The maximum Gasteiger partial charge on any atom is 0.326 e. The summed E-state index contributed by atoms with van der Waals surface area (Å²) >= 11 is 1.32. The third kappa shape index (κ3) is 8.82. The van der Waals surface area contributed by atoms with E-state index in [4.69, 9.17) is 14.9 Å². The van der Waals surface area contributed by atoms with Gasteiger partial charge < -0.3 is 20.3 Å². The molecule has 0 bridgehead atoms. The quantitative estimate of drug-likeness (QED) is 0.475. The van der Waals surface area contributed by atoms with Crippen molar-refractivity contribution in [2.24, 2.45) is 0 Å². The fraction of sp³-hybridized carbons (Fsp3) is 0.700. The average Bonchev–Trinajstić information content (AvgIpc) is 2.29. The van der Waals surface area contributed by atoms with Gasteiger partial charge in [0.05, 0.1) is 12.4 Å². The van der Waals surface area contributed by atoms with Gasteiger partial charge >= 0.3 is 11.9 Å². The summed E-state index contributed by atoms with van der Waals surface area (Å²) in [6.07, 6.45) is -0.423. The molecule has 0 heterocycles. The summed E-state index contributed by atoms with van der Waals surface area (Å²) in [7, 11) is 1.55. The molecule has 0 aliphatic rings. The number of methoxy groups -OCH3 is 1. The zero-order valence-corrected chi connectivity index (χ0v) is 10.9. The van der Waals surface area contributed by atoms with Crippen molar-refractivity contribution < 1.29 is 29.3 Å². The average molecular weight is 279 g/mol. The van der Waals surface area contributed by atoms with E-state index in [1.807, 2.05) is 0 Å². The van der Waals surface area contributed by atoms with Gasteiger partial charge in [0.25, 0.3) is 0 Å². The van der Waals surface area contributed by atoms with E-state index in [9.17, 15) is 14.4 Å². The van der Waals surface area contributed by atoms with E-state index in [-0.39, 0.29) is 18.6 Å². The zero-order chi connectivity index (χ0) is 14.0. The van der Waals surface area contributed by atoms with E-state index in [0.717, 1.165) is 0 Å². The number of thioether (sulfide) groups is 1. The number of hydrogen-bond acceptors (Lipinski definition) is 5. The minimum atomic E-state index is -1.23. The van der Waals surface area contributed by atoms with Crippen molar-refractivity contribution in [2.75, 3.05) is 25.2 Å². The first-order valence-corrected chi connectivity index (χ1v) is 6.43. The summed E-state index contributed by atoms with van der Waals surface area (Å²) < 4.78 is 4.80. The topological polar surface area (TPSA) is 113 Å². The molecule has 0 aromatic rings. The van der Waals surface area contributed by atoms with Crippen molar-refractivity contribution in [3.63, 3.8) is 0 Å². The second-order valence-electron chi connectivity index (χ2n) is 3.44. The van der Waals surface area contributed by atoms with Crippen molar-refractivity contribution in [3.05, 3.63) is 0 Å². The van der Waals surface area contributed by atoms with Crippen LogP contribution in [0.4, 0.5) is 0 Å². The van der Waals surface area contributed by atoms with E-state index in [2.05, 4.69) is 5.32 Å². The zero-order valence-electron chi connectivity index (χ0n) is 10.0. The largest absolute Gasteiger partial charge is 0.481 e. The van der Waals surface area contributed by atoms with Gasteiger partial charge in [-0.05, 0) is 6.42 Å². The van der Waals surface area contributed by atoms with Gasteiger partial charge in [-0.15, -0.1) is 11.8 Å². The Morgan fingerprint density at radius 1 is 1.33 bits per heavy atom. The molecule has 8 heteroatoms. The molecule has 1 amide bonds. The second kappa shape index (κ2) is 9.72. The lowest BCUT2D eigenvalue weighted by Gasteiger charge is -2.13. The Hall–Kier alpha value is -1.28. The molecule has 1 atom stereocenters. The number of amides is 1.